The van der Waals surface area contributed by atoms with E-state index in [1.54, 1.807) is 0 Å². The minimum absolute atomic E-state index is 1.11. The van der Waals surface area contributed by atoms with E-state index in [2.05, 4.69) is 226 Å². The van der Waals surface area contributed by atoms with Crippen molar-refractivity contribution >= 4 is 92.2 Å². The molecule has 4 heteroatoms. The zero-order valence-corrected chi connectivity index (χ0v) is 32.3. The molecule has 0 fully saturated rings. The highest BCUT2D eigenvalue weighted by Crippen LogP contribution is 2.46. The molecule has 12 aromatic rings. The molecule has 3 aromatic heterocycles. The van der Waals surface area contributed by atoms with Gasteiger partial charge in [-0.2, -0.15) is 0 Å². The van der Waals surface area contributed by atoms with Crippen LogP contribution in [-0.2, 0) is 0 Å². The van der Waals surface area contributed by atoms with Crippen LogP contribution in [0.5, 0.6) is 0 Å². The van der Waals surface area contributed by atoms with Crippen molar-refractivity contribution in [2.75, 3.05) is 4.90 Å². The molecule has 0 unspecified atom stereocenters. The van der Waals surface area contributed by atoms with Crippen molar-refractivity contribution in [1.82, 2.24) is 9.13 Å². The first-order valence-corrected chi connectivity index (χ1v) is 20.6. The van der Waals surface area contributed by atoms with E-state index in [-0.39, 0.29) is 0 Å². The Labute approximate surface area is 339 Å². The topological polar surface area (TPSA) is 13.1 Å². The van der Waals surface area contributed by atoms with Gasteiger partial charge in [-0.05, 0) is 96.1 Å². The molecule has 0 N–H and O–H groups in total. The fourth-order valence-electron chi connectivity index (χ4n) is 9.10. The fourth-order valence-corrected chi connectivity index (χ4v) is 10.3. The highest BCUT2D eigenvalue weighted by molar-refractivity contribution is 7.26. The summed E-state index contributed by atoms with van der Waals surface area (Å²) in [5.74, 6) is 0. The molecule has 0 saturated carbocycles. The fraction of sp³-hybridized carbons (Fsp3) is 0. The molecule has 272 valence electrons. The van der Waals surface area contributed by atoms with Crippen molar-refractivity contribution in [2.45, 2.75) is 0 Å². The molecule has 0 atom stereocenters. The number of rotatable bonds is 6. The van der Waals surface area contributed by atoms with Crippen LogP contribution in [0.25, 0.3) is 86.3 Å². The zero-order chi connectivity index (χ0) is 38.2. The summed E-state index contributed by atoms with van der Waals surface area (Å²) in [6.07, 6.45) is 0. The molecule has 3 nitrogen and oxygen atoms in total. The molecule has 58 heavy (non-hydrogen) atoms. The van der Waals surface area contributed by atoms with Gasteiger partial charge in [0.05, 0.1) is 32.5 Å². The molecule has 0 aliphatic carbocycles. The molecule has 9 aromatic carbocycles. The van der Waals surface area contributed by atoms with Crippen molar-refractivity contribution in [1.29, 1.82) is 0 Å². The zero-order valence-electron chi connectivity index (χ0n) is 31.5. The Balaban J connectivity index is 0.993. The Bertz CT molecular complexity index is 3440. The quantitative estimate of drug-likeness (QED) is 0.165. The molecule has 0 radical (unpaired) electrons. The highest BCUT2D eigenvalue weighted by atomic mass is 32.1. The molecule has 0 saturated heterocycles. The van der Waals surface area contributed by atoms with Gasteiger partial charge >= 0.3 is 0 Å². The number of hydrogen-bond acceptors (Lipinski definition) is 2. The largest absolute Gasteiger partial charge is 0.309 e. The van der Waals surface area contributed by atoms with Crippen LogP contribution in [0.1, 0.15) is 0 Å². The monoisotopic (exact) mass is 757 g/mol. The summed E-state index contributed by atoms with van der Waals surface area (Å²) in [5.41, 5.74) is 12.9. The molecule has 3 heterocycles. The highest BCUT2D eigenvalue weighted by Gasteiger charge is 2.21. The van der Waals surface area contributed by atoms with Gasteiger partial charge in [0.2, 0.25) is 0 Å². The van der Waals surface area contributed by atoms with E-state index in [1.807, 2.05) is 11.3 Å². The lowest BCUT2D eigenvalue weighted by molar-refractivity contribution is 1.18. The standard InChI is InChI=1S/C54H35N3S/c1-2-13-38(14-3-1)56-50-22-10-6-17-44(50)47-35-41(33-34-51(47)56)55(52-23-12-19-46-45-18-7-11-24-53(45)58-54(46)52)39-29-25-36(26-30-39)37-27-31-40(32-28-37)57-48-20-8-4-15-42(48)43-16-5-9-21-49(43)57/h1-35H. The van der Waals surface area contributed by atoms with Crippen LogP contribution in [0.3, 0.4) is 0 Å². The van der Waals surface area contributed by atoms with Gasteiger partial charge in [0, 0.05) is 59.8 Å². The smallest absolute Gasteiger partial charge is 0.0640 e. The first kappa shape index (κ1) is 32.8. The SMILES string of the molecule is c1ccc(-n2c3ccccc3c3cc(N(c4ccc(-c5ccc(-n6c7ccccc7c7ccccc76)cc5)cc4)c4cccc5c4sc4ccccc45)ccc32)cc1. The molecular weight excluding hydrogens is 723 g/mol. The van der Waals surface area contributed by atoms with E-state index in [4.69, 9.17) is 0 Å². The average Bonchev–Trinajstić information content (AvgIpc) is 3.95. The number of fused-ring (bicyclic) bond motifs is 9. The van der Waals surface area contributed by atoms with Gasteiger partial charge < -0.3 is 14.0 Å². The molecule has 0 amide bonds. The van der Waals surface area contributed by atoms with E-state index in [0.29, 0.717) is 0 Å². The van der Waals surface area contributed by atoms with Crippen LogP contribution < -0.4 is 4.90 Å². The maximum absolute atomic E-state index is 2.45. The van der Waals surface area contributed by atoms with Gasteiger partial charge in [-0.3, -0.25) is 0 Å². The van der Waals surface area contributed by atoms with Crippen molar-refractivity contribution in [2.24, 2.45) is 0 Å². The maximum Gasteiger partial charge on any atom is 0.0640 e. The number of para-hydroxylation sites is 4. The predicted molar refractivity (Wildman–Crippen MR) is 248 cm³/mol. The summed E-state index contributed by atoms with van der Waals surface area (Å²) in [5, 5.41) is 7.59. The summed E-state index contributed by atoms with van der Waals surface area (Å²) < 4.78 is 7.33. The van der Waals surface area contributed by atoms with Crippen LogP contribution in [0, 0.1) is 0 Å². The Morgan fingerprint density at radius 1 is 0.328 bits per heavy atom. The van der Waals surface area contributed by atoms with E-state index in [1.165, 1.54) is 80.6 Å². The van der Waals surface area contributed by atoms with Crippen LogP contribution in [0.15, 0.2) is 212 Å². The summed E-state index contributed by atoms with van der Waals surface area (Å²) >= 11 is 1.87. The Kier molecular flexibility index (Phi) is 7.40. The third kappa shape index (κ3) is 5.05. The lowest BCUT2D eigenvalue weighted by Gasteiger charge is -2.26. The Morgan fingerprint density at radius 3 is 1.47 bits per heavy atom. The van der Waals surface area contributed by atoms with Crippen LogP contribution in [0.4, 0.5) is 17.1 Å². The van der Waals surface area contributed by atoms with E-state index in [9.17, 15) is 0 Å². The second-order valence-corrected chi connectivity index (χ2v) is 16.0. The Morgan fingerprint density at radius 2 is 0.810 bits per heavy atom. The second kappa shape index (κ2) is 13.1. The second-order valence-electron chi connectivity index (χ2n) is 14.9. The number of thiophene rings is 1. The summed E-state index contributed by atoms with van der Waals surface area (Å²) in [4.78, 5) is 2.45. The minimum atomic E-state index is 1.11. The van der Waals surface area contributed by atoms with Gasteiger partial charge in [-0.15, -0.1) is 11.3 Å². The number of aromatic nitrogens is 2. The van der Waals surface area contributed by atoms with Gasteiger partial charge in [-0.25, -0.2) is 0 Å². The van der Waals surface area contributed by atoms with Gasteiger partial charge in [0.1, 0.15) is 0 Å². The summed E-state index contributed by atoms with van der Waals surface area (Å²) in [6, 6.07) is 77.3. The van der Waals surface area contributed by atoms with Crippen molar-refractivity contribution < 1.29 is 0 Å². The Hall–Kier alpha value is -7.40. The molecule has 0 spiro atoms. The minimum Gasteiger partial charge on any atom is -0.309 e. The maximum atomic E-state index is 2.45. The van der Waals surface area contributed by atoms with Crippen LogP contribution >= 0.6 is 11.3 Å². The van der Waals surface area contributed by atoms with Gasteiger partial charge in [0.25, 0.3) is 0 Å². The van der Waals surface area contributed by atoms with Crippen molar-refractivity contribution in [3.63, 3.8) is 0 Å². The molecular formula is C54H35N3S. The van der Waals surface area contributed by atoms with E-state index < -0.39 is 0 Å². The van der Waals surface area contributed by atoms with Crippen LogP contribution in [-0.4, -0.2) is 9.13 Å². The van der Waals surface area contributed by atoms with Gasteiger partial charge in [0.15, 0.2) is 0 Å². The molecule has 0 aliphatic heterocycles. The van der Waals surface area contributed by atoms with Gasteiger partial charge in [-0.1, -0.05) is 127 Å². The lowest BCUT2D eigenvalue weighted by atomic mass is 10.0. The normalized spacial score (nSPS) is 11.8. The molecule has 0 aliphatic rings. The van der Waals surface area contributed by atoms with E-state index in [0.717, 1.165) is 22.7 Å². The summed E-state index contributed by atoms with van der Waals surface area (Å²) in [6.45, 7) is 0. The third-order valence-corrected chi connectivity index (χ3v) is 12.9. The first-order chi connectivity index (χ1) is 28.8. The molecule has 0 bridgehead atoms. The first-order valence-electron chi connectivity index (χ1n) is 19.8. The lowest BCUT2D eigenvalue weighted by Crippen LogP contribution is -2.10. The number of anilines is 3. The molecule has 12 rings (SSSR count). The third-order valence-electron chi connectivity index (χ3n) is 11.7. The predicted octanol–water partition coefficient (Wildman–Crippen LogP) is 15.4. The van der Waals surface area contributed by atoms with Crippen molar-refractivity contribution in [3.05, 3.63) is 212 Å². The number of hydrogen-bond donors (Lipinski definition) is 0. The van der Waals surface area contributed by atoms with Crippen LogP contribution in [0.2, 0.25) is 0 Å². The number of nitrogens with zero attached hydrogens (tertiary/aromatic N) is 3. The van der Waals surface area contributed by atoms with Crippen molar-refractivity contribution in [3.8, 4) is 22.5 Å². The van der Waals surface area contributed by atoms with E-state index >= 15 is 0 Å². The summed E-state index contributed by atoms with van der Waals surface area (Å²) in [7, 11) is 0. The average molecular weight is 758 g/mol. The number of benzene rings is 9.